The molecule has 0 unspecified atom stereocenters. The molecule has 1 heterocycles. The van der Waals surface area contributed by atoms with Crippen LogP contribution in [-0.2, 0) is 6.54 Å². The van der Waals surface area contributed by atoms with E-state index in [9.17, 15) is 4.79 Å². The van der Waals surface area contributed by atoms with Crippen LogP contribution in [-0.4, -0.2) is 9.55 Å². The molecule has 0 bridgehead atoms. The van der Waals surface area contributed by atoms with Crippen LogP contribution in [0.25, 0.3) is 11.0 Å². The molecule has 4 nitrogen and oxygen atoms in total. The number of benzene rings is 1. The van der Waals surface area contributed by atoms with E-state index in [1.54, 1.807) is 4.57 Å². The van der Waals surface area contributed by atoms with Gasteiger partial charge in [-0.2, -0.15) is 5.26 Å². The SMILES string of the molecule is CC(C)(C#N)CCCn1c(=O)cnc2ccccc21. The summed E-state index contributed by atoms with van der Waals surface area (Å²) in [5, 5.41) is 8.99. The van der Waals surface area contributed by atoms with Crippen molar-refractivity contribution in [3.05, 3.63) is 40.8 Å². The molecule has 0 aliphatic heterocycles. The highest BCUT2D eigenvalue weighted by Crippen LogP contribution is 2.21. The van der Waals surface area contributed by atoms with Gasteiger partial charge in [-0.15, -0.1) is 0 Å². The van der Waals surface area contributed by atoms with Gasteiger partial charge in [-0.05, 0) is 38.8 Å². The Balaban J connectivity index is 2.24. The quantitative estimate of drug-likeness (QED) is 0.844. The van der Waals surface area contributed by atoms with Gasteiger partial charge in [0.1, 0.15) is 0 Å². The van der Waals surface area contributed by atoms with Crippen molar-refractivity contribution < 1.29 is 0 Å². The van der Waals surface area contributed by atoms with Crippen LogP contribution in [0.3, 0.4) is 0 Å². The van der Waals surface area contributed by atoms with Crippen LogP contribution in [0.15, 0.2) is 35.3 Å². The Hall–Kier alpha value is -2.15. The maximum absolute atomic E-state index is 11.9. The van der Waals surface area contributed by atoms with E-state index in [0.29, 0.717) is 6.54 Å². The van der Waals surface area contributed by atoms with Gasteiger partial charge in [-0.25, -0.2) is 4.98 Å². The van der Waals surface area contributed by atoms with E-state index >= 15 is 0 Å². The van der Waals surface area contributed by atoms with Crippen LogP contribution < -0.4 is 5.56 Å². The summed E-state index contributed by atoms with van der Waals surface area (Å²) in [7, 11) is 0. The zero-order valence-corrected chi connectivity index (χ0v) is 11.3. The number of nitrogens with zero attached hydrogens (tertiary/aromatic N) is 3. The molecule has 0 amide bonds. The van der Waals surface area contributed by atoms with Gasteiger partial charge in [0.05, 0.1) is 28.7 Å². The van der Waals surface area contributed by atoms with E-state index in [-0.39, 0.29) is 11.0 Å². The number of hydrogen-bond acceptors (Lipinski definition) is 3. The lowest BCUT2D eigenvalue weighted by molar-refractivity contribution is 0.415. The average Bonchev–Trinajstić information content (AvgIpc) is 2.41. The molecule has 98 valence electrons. The molecule has 0 atom stereocenters. The van der Waals surface area contributed by atoms with Crippen molar-refractivity contribution >= 4 is 11.0 Å². The Morgan fingerprint density at radius 3 is 2.84 bits per heavy atom. The van der Waals surface area contributed by atoms with Gasteiger partial charge in [-0.1, -0.05) is 12.1 Å². The molecule has 1 aromatic heterocycles. The van der Waals surface area contributed by atoms with Gasteiger partial charge in [0, 0.05) is 6.54 Å². The first-order chi connectivity index (χ1) is 9.03. The molecule has 0 saturated heterocycles. The zero-order valence-electron chi connectivity index (χ0n) is 11.3. The third-order valence-electron chi connectivity index (χ3n) is 3.24. The second kappa shape index (κ2) is 5.23. The molecule has 4 heteroatoms. The van der Waals surface area contributed by atoms with Gasteiger partial charge in [0.15, 0.2) is 0 Å². The molecule has 0 aliphatic carbocycles. The zero-order chi connectivity index (χ0) is 13.9. The van der Waals surface area contributed by atoms with E-state index in [0.717, 1.165) is 23.9 Å². The fourth-order valence-electron chi connectivity index (χ4n) is 2.08. The summed E-state index contributed by atoms with van der Waals surface area (Å²) in [6.07, 6.45) is 2.93. The fourth-order valence-corrected chi connectivity index (χ4v) is 2.08. The number of hydrogen-bond donors (Lipinski definition) is 0. The van der Waals surface area contributed by atoms with Crippen LogP contribution >= 0.6 is 0 Å². The van der Waals surface area contributed by atoms with Crippen molar-refractivity contribution in [2.75, 3.05) is 0 Å². The molecule has 0 saturated carbocycles. The number of aryl methyl sites for hydroxylation is 1. The highest BCUT2D eigenvalue weighted by atomic mass is 16.1. The minimum absolute atomic E-state index is 0.0894. The van der Waals surface area contributed by atoms with Crippen LogP contribution in [0.2, 0.25) is 0 Å². The van der Waals surface area contributed by atoms with Crippen LogP contribution in [0.5, 0.6) is 0 Å². The van der Waals surface area contributed by atoms with E-state index in [1.807, 2.05) is 38.1 Å². The maximum atomic E-state index is 11.9. The van der Waals surface area contributed by atoms with E-state index < -0.39 is 0 Å². The average molecular weight is 255 g/mol. The largest absolute Gasteiger partial charge is 0.305 e. The third-order valence-corrected chi connectivity index (χ3v) is 3.24. The Kier molecular flexibility index (Phi) is 3.66. The summed E-state index contributed by atoms with van der Waals surface area (Å²) >= 11 is 0. The highest BCUT2D eigenvalue weighted by molar-refractivity contribution is 5.74. The first-order valence-corrected chi connectivity index (χ1v) is 6.39. The number of fused-ring (bicyclic) bond motifs is 1. The van der Waals surface area contributed by atoms with Crippen molar-refractivity contribution in [3.63, 3.8) is 0 Å². The fraction of sp³-hybridized carbons (Fsp3) is 0.400. The lowest BCUT2D eigenvalue weighted by Gasteiger charge is -2.15. The minimum Gasteiger partial charge on any atom is -0.305 e. The van der Waals surface area contributed by atoms with E-state index in [1.165, 1.54) is 6.20 Å². The molecular formula is C15H17N3O. The first-order valence-electron chi connectivity index (χ1n) is 6.39. The molecule has 0 N–H and O–H groups in total. The third kappa shape index (κ3) is 3.00. The molecule has 2 aromatic rings. The summed E-state index contributed by atoms with van der Waals surface area (Å²) in [6, 6.07) is 9.88. The lowest BCUT2D eigenvalue weighted by atomic mass is 9.90. The molecule has 0 aliphatic rings. The van der Waals surface area contributed by atoms with Gasteiger partial charge < -0.3 is 4.57 Å². The second-order valence-corrected chi connectivity index (χ2v) is 5.34. The number of rotatable bonds is 4. The molecule has 0 radical (unpaired) electrons. The monoisotopic (exact) mass is 255 g/mol. The van der Waals surface area contributed by atoms with Gasteiger partial charge in [0.2, 0.25) is 0 Å². The summed E-state index contributed by atoms with van der Waals surface area (Å²) < 4.78 is 1.73. The van der Waals surface area contributed by atoms with Crippen molar-refractivity contribution in [1.29, 1.82) is 5.26 Å². The summed E-state index contributed by atoms with van der Waals surface area (Å²) in [4.78, 5) is 16.0. The lowest BCUT2D eigenvalue weighted by Crippen LogP contribution is -2.21. The van der Waals surface area contributed by atoms with E-state index in [4.69, 9.17) is 5.26 Å². The Morgan fingerprint density at radius 2 is 2.11 bits per heavy atom. The summed E-state index contributed by atoms with van der Waals surface area (Å²) in [5.74, 6) is 0. The predicted octanol–water partition coefficient (Wildman–Crippen LogP) is 2.73. The summed E-state index contributed by atoms with van der Waals surface area (Å²) in [6.45, 7) is 4.45. The Morgan fingerprint density at radius 1 is 1.37 bits per heavy atom. The van der Waals surface area contributed by atoms with Crippen LogP contribution in [0, 0.1) is 16.7 Å². The number of nitriles is 1. The van der Waals surface area contributed by atoms with Crippen molar-refractivity contribution in [1.82, 2.24) is 9.55 Å². The molecule has 2 rings (SSSR count). The van der Waals surface area contributed by atoms with Crippen LogP contribution in [0.1, 0.15) is 26.7 Å². The molecule has 0 fully saturated rings. The Bertz CT molecular complexity index is 680. The van der Waals surface area contributed by atoms with Crippen molar-refractivity contribution in [3.8, 4) is 6.07 Å². The molecule has 19 heavy (non-hydrogen) atoms. The van der Waals surface area contributed by atoms with Crippen molar-refractivity contribution in [2.45, 2.75) is 33.2 Å². The van der Waals surface area contributed by atoms with Crippen molar-refractivity contribution in [2.24, 2.45) is 5.41 Å². The maximum Gasteiger partial charge on any atom is 0.269 e. The van der Waals surface area contributed by atoms with E-state index in [2.05, 4.69) is 11.1 Å². The van der Waals surface area contributed by atoms with Gasteiger partial charge >= 0.3 is 0 Å². The normalized spacial score (nSPS) is 11.4. The first kappa shape index (κ1) is 13.3. The highest BCUT2D eigenvalue weighted by Gasteiger charge is 2.16. The Labute approximate surface area is 112 Å². The molecule has 1 aromatic carbocycles. The van der Waals surface area contributed by atoms with Gasteiger partial charge in [-0.3, -0.25) is 4.79 Å². The second-order valence-electron chi connectivity index (χ2n) is 5.34. The predicted molar refractivity (Wildman–Crippen MR) is 74.6 cm³/mol. The number of aromatic nitrogens is 2. The molecular weight excluding hydrogens is 238 g/mol. The molecule has 0 spiro atoms. The number of para-hydroxylation sites is 2. The topological polar surface area (TPSA) is 58.7 Å². The minimum atomic E-state index is -0.341. The van der Waals surface area contributed by atoms with Crippen LogP contribution in [0.4, 0.5) is 0 Å². The standard InChI is InChI=1S/C15H17N3O/c1-15(2,11-16)8-5-9-18-13-7-4-3-6-12(13)17-10-14(18)19/h3-4,6-7,10H,5,8-9H2,1-2H3. The summed E-state index contributed by atoms with van der Waals surface area (Å²) in [5.41, 5.74) is 1.24. The smallest absolute Gasteiger partial charge is 0.269 e. The van der Waals surface area contributed by atoms with Gasteiger partial charge in [0.25, 0.3) is 5.56 Å².